The molecule has 3 rings (SSSR count). The number of benzene rings is 1. The molecule has 1 aromatic carbocycles. The Morgan fingerprint density at radius 3 is 2.71 bits per heavy atom. The number of carbonyl (C=O) groups is 1. The number of amides is 1. The van der Waals surface area contributed by atoms with E-state index in [1.807, 2.05) is 18.2 Å². The van der Waals surface area contributed by atoms with Crippen molar-refractivity contribution in [2.75, 3.05) is 4.90 Å². The first-order chi connectivity index (χ1) is 11.3. The molecule has 0 bridgehead atoms. The van der Waals surface area contributed by atoms with Gasteiger partial charge in [0.1, 0.15) is 0 Å². The van der Waals surface area contributed by atoms with Crippen LogP contribution in [0.15, 0.2) is 29.6 Å². The molecule has 1 amide bonds. The maximum Gasteiger partial charge on any atom is 0.225 e. The van der Waals surface area contributed by atoms with E-state index in [-0.39, 0.29) is 23.3 Å². The van der Waals surface area contributed by atoms with Crippen LogP contribution < -0.4 is 10.6 Å². The van der Waals surface area contributed by atoms with Crippen molar-refractivity contribution in [1.29, 1.82) is 0 Å². The van der Waals surface area contributed by atoms with E-state index >= 15 is 0 Å². The topological polar surface area (TPSA) is 59.2 Å². The van der Waals surface area contributed by atoms with E-state index in [0.717, 1.165) is 34.9 Å². The predicted molar refractivity (Wildman–Crippen MR) is 99.5 cm³/mol. The second kappa shape index (κ2) is 6.20. The minimum atomic E-state index is -0.238. The molecule has 2 heterocycles. The van der Waals surface area contributed by atoms with Gasteiger partial charge in [-0.3, -0.25) is 4.79 Å². The lowest BCUT2D eigenvalue weighted by atomic mass is 9.85. The highest BCUT2D eigenvalue weighted by atomic mass is 32.1. The quantitative estimate of drug-likeness (QED) is 0.922. The normalized spacial score (nSPS) is 20.8. The van der Waals surface area contributed by atoms with Crippen molar-refractivity contribution in [2.24, 2.45) is 5.73 Å². The minimum absolute atomic E-state index is 0.0748. The first-order valence-electron chi connectivity index (χ1n) is 8.37. The minimum Gasteiger partial charge on any atom is -0.369 e. The highest BCUT2D eigenvalue weighted by Gasteiger charge is 2.33. The monoisotopic (exact) mass is 343 g/mol. The maximum atomic E-state index is 11.8. The van der Waals surface area contributed by atoms with Gasteiger partial charge in [0, 0.05) is 22.5 Å². The molecule has 1 aromatic heterocycles. The fourth-order valence-electron chi connectivity index (χ4n) is 3.29. The van der Waals surface area contributed by atoms with Crippen molar-refractivity contribution in [3.8, 4) is 0 Å². The van der Waals surface area contributed by atoms with Crippen molar-refractivity contribution in [3.05, 3.63) is 45.9 Å². The van der Waals surface area contributed by atoms with Crippen molar-refractivity contribution in [2.45, 2.75) is 58.0 Å². The summed E-state index contributed by atoms with van der Waals surface area (Å²) in [5.41, 5.74) is 8.93. The summed E-state index contributed by atoms with van der Waals surface area (Å²) in [6.07, 6.45) is 0.753. The Labute approximate surface area is 147 Å². The van der Waals surface area contributed by atoms with E-state index in [1.54, 1.807) is 11.3 Å². The fraction of sp³-hybridized carbons (Fsp3) is 0.474. The zero-order valence-corrected chi connectivity index (χ0v) is 15.6. The highest BCUT2D eigenvalue weighted by molar-refractivity contribution is 7.09. The van der Waals surface area contributed by atoms with Gasteiger partial charge in [0.25, 0.3) is 0 Å². The van der Waals surface area contributed by atoms with Gasteiger partial charge in [-0.15, -0.1) is 11.3 Å². The van der Waals surface area contributed by atoms with Crippen LogP contribution in [0.1, 0.15) is 56.3 Å². The SMILES string of the molecule is C[C@H]1C[C@@H](C(N)=O)c2ccccc2N1Cc1csc(C(C)(C)C)n1. The van der Waals surface area contributed by atoms with E-state index in [2.05, 4.69) is 44.0 Å². The number of carbonyl (C=O) groups excluding carboxylic acids is 1. The molecular formula is C19H25N3OS. The van der Waals surface area contributed by atoms with Gasteiger partial charge in [0.2, 0.25) is 5.91 Å². The number of primary amides is 1. The Morgan fingerprint density at radius 2 is 2.08 bits per heavy atom. The number of rotatable bonds is 3. The summed E-state index contributed by atoms with van der Waals surface area (Å²) in [4.78, 5) is 19.0. The number of aromatic nitrogens is 1. The third-order valence-electron chi connectivity index (χ3n) is 4.60. The number of para-hydroxylation sites is 1. The molecule has 5 heteroatoms. The largest absolute Gasteiger partial charge is 0.369 e. The van der Waals surface area contributed by atoms with Crippen LogP contribution >= 0.6 is 11.3 Å². The summed E-state index contributed by atoms with van der Waals surface area (Å²) < 4.78 is 0. The molecule has 1 aliphatic heterocycles. The van der Waals surface area contributed by atoms with Crippen molar-refractivity contribution in [3.63, 3.8) is 0 Å². The number of hydrogen-bond acceptors (Lipinski definition) is 4. The summed E-state index contributed by atoms with van der Waals surface area (Å²) >= 11 is 1.72. The van der Waals surface area contributed by atoms with Gasteiger partial charge in [-0.2, -0.15) is 0 Å². The van der Waals surface area contributed by atoms with Crippen molar-refractivity contribution in [1.82, 2.24) is 4.98 Å². The van der Waals surface area contributed by atoms with Gasteiger partial charge >= 0.3 is 0 Å². The standard InChI is InChI=1S/C19H25N3OS/c1-12-9-15(17(20)23)14-7-5-6-8-16(14)22(12)10-13-11-24-18(21-13)19(2,3)4/h5-8,11-12,15H,9-10H2,1-4H3,(H2,20,23)/t12-,15+/m0/s1. The Kier molecular flexibility index (Phi) is 4.38. The zero-order chi connectivity index (χ0) is 17.5. The van der Waals surface area contributed by atoms with E-state index in [9.17, 15) is 4.79 Å². The van der Waals surface area contributed by atoms with Gasteiger partial charge in [-0.25, -0.2) is 4.98 Å². The third kappa shape index (κ3) is 3.18. The number of nitrogens with two attached hydrogens (primary N) is 1. The molecular weight excluding hydrogens is 318 g/mol. The van der Waals surface area contributed by atoms with E-state index in [0.29, 0.717) is 0 Å². The molecule has 0 fully saturated rings. The summed E-state index contributed by atoms with van der Waals surface area (Å²) in [6.45, 7) is 9.48. The Hall–Kier alpha value is -1.88. The first kappa shape index (κ1) is 17.0. The second-order valence-corrected chi connectivity index (χ2v) is 8.48. The van der Waals surface area contributed by atoms with Crippen LogP contribution in [0, 0.1) is 0 Å². The number of thiazole rings is 1. The number of anilines is 1. The predicted octanol–water partition coefficient (Wildman–Crippen LogP) is 3.81. The summed E-state index contributed by atoms with van der Waals surface area (Å²) in [7, 11) is 0. The molecule has 24 heavy (non-hydrogen) atoms. The molecule has 0 saturated carbocycles. The van der Waals surface area contributed by atoms with Crippen molar-refractivity contribution < 1.29 is 4.79 Å². The summed E-state index contributed by atoms with van der Waals surface area (Å²) in [5.74, 6) is -0.439. The number of nitrogens with zero attached hydrogens (tertiary/aromatic N) is 2. The van der Waals surface area contributed by atoms with Crippen LogP contribution in [0.5, 0.6) is 0 Å². The molecule has 4 nitrogen and oxygen atoms in total. The molecule has 1 aliphatic rings. The number of hydrogen-bond donors (Lipinski definition) is 1. The van der Waals surface area contributed by atoms with E-state index in [1.165, 1.54) is 0 Å². The van der Waals surface area contributed by atoms with Crippen LogP contribution in [0.25, 0.3) is 0 Å². The average Bonchev–Trinajstić information content (AvgIpc) is 2.98. The second-order valence-electron chi connectivity index (χ2n) is 7.62. The van der Waals surface area contributed by atoms with Gasteiger partial charge in [0.05, 0.1) is 23.2 Å². The highest BCUT2D eigenvalue weighted by Crippen LogP contribution is 2.39. The molecule has 0 radical (unpaired) electrons. The Morgan fingerprint density at radius 1 is 1.38 bits per heavy atom. The lowest BCUT2D eigenvalue weighted by Crippen LogP contribution is -2.41. The van der Waals surface area contributed by atoms with Crippen molar-refractivity contribution >= 4 is 22.9 Å². The molecule has 0 saturated heterocycles. The molecule has 0 aliphatic carbocycles. The van der Waals surface area contributed by atoms with Crippen LogP contribution in [0.4, 0.5) is 5.69 Å². The van der Waals surface area contributed by atoms with Gasteiger partial charge in [0.15, 0.2) is 0 Å². The Balaban J connectivity index is 1.92. The molecule has 2 atom stereocenters. The Bertz CT molecular complexity index is 747. The van der Waals surface area contributed by atoms with Crippen LogP contribution in [0.3, 0.4) is 0 Å². The van der Waals surface area contributed by atoms with E-state index < -0.39 is 0 Å². The molecule has 2 N–H and O–H groups in total. The lowest BCUT2D eigenvalue weighted by Gasteiger charge is -2.39. The van der Waals surface area contributed by atoms with Gasteiger partial charge < -0.3 is 10.6 Å². The van der Waals surface area contributed by atoms with Gasteiger partial charge in [-0.05, 0) is 25.0 Å². The maximum absolute atomic E-state index is 11.8. The lowest BCUT2D eigenvalue weighted by molar-refractivity contribution is -0.119. The van der Waals surface area contributed by atoms with E-state index in [4.69, 9.17) is 10.7 Å². The zero-order valence-electron chi connectivity index (χ0n) is 14.7. The summed E-state index contributed by atoms with van der Waals surface area (Å²) in [6, 6.07) is 8.34. The van der Waals surface area contributed by atoms with Crippen LogP contribution in [-0.4, -0.2) is 16.9 Å². The molecule has 0 spiro atoms. The molecule has 2 aromatic rings. The molecule has 128 valence electrons. The smallest absolute Gasteiger partial charge is 0.225 e. The number of fused-ring (bicyclic) bond motifs is 1. The average molecular weight is 343 g/mol. The van der Waals surface area contributed by atoms with Gasteiger partial charge in [-0.1, -0.05) is 39.0 Å². The van der Waals surface area contributed by atoms with Crippen LogP contribution in [0.2, 0.25) is 0 Å². The third-order valence-corrected chi connectivity index (χ3v) is 5.92. The van der Waals surface area contributed by atoms with Crippen LogP contribution in [-0.2, 0) is 16.8 Å². The first-order valence-corrected chi connectivity index (χ1v) is 9.25. The summed E-state index contributed by atoms with van der Waals surface area (Å²) in [5, 5.41) is 3.31. The fourth-order valence-corrected chi connectivity index (χ4v) is 4.18. The molecule has 0 unspecified atom stereocenters.